The van der Waals surface area contributed by atoms with E-state index in [1.54, 1.807) is 0 Å². The van der Waals surface area contributed by atoms with Gasteiger partial charge in [-0.15, -0.1) is 0 Å². The van der Waals surface area contributed by atoms with Gasteiger partial charge >= 0.3 is 7.75 Å². The number of H-pyrrole nitrogens is 1. The maximum Gasteiger partial charge on any atom is 0.423 e. The highest BCUT2D eigenvalue weighted by Crippen LogP contribution is 2.48. The monoisotopic (exact) mass is 442 g/mol. The maximum absolute atomic E-state index is 12.4. The predicted molar refractivity (Wildman–Crippen MR) is 90.5 cm³/mol. The second-order valence-corrected chi connectivity index (χ2v) is 7.99. The van der Waals surface area contributed by atoms with Gasteiger partial charge in [-0.1, -0.05) is 4.78 Å². The summed E-state index contributed by atoms with van der Waals surface area (Å²) >= 11 is 0. The minimum Gasteiger partial charge on any atom is -0.394 e. The molecule has 0 aromatic carbocycles. The van der Waals surface area contributed by atoms with E-state index in [4.69, 9.17) is 9.47 Å². The van der Waals surface area contributed by atoms with Gasteiger partial charge in [-0.25, -0.2) is 14.6 Å². The van der Waals surface area contributed by atoms with Crippen LogP contribution in [0.1, 0.15) is 0 Å². The first-order chi connectivity index (χ1) is 13.6. The summed E-state index contributed by atoms with van der Waals surface area (Å²) < 4.78 is 23.1. The number of hydrazine groups is 1. The Hall–Kier alpha value is -1.20. The Balaban J connectivity index is 2.06. The number of aromatic nitrogens is 2. The van der Waals surface area contributed by atoms with Crippen molar-refractivity contribution >= 4 is 13.7 Å². The Morgan fingerprint density at radius 1 is 0.966 bits per heavy atom. The van der Waals surface area contributed by atoms with Gasteiger partial charge in [0.2, 0.25) is 5.95 Å². The number of nitrogens with one attached hydrogen (secondary N) is 1. The molecular formula is C13H23N4O11P. The number of aromatic amines is 1. The fraction of sp³-hybridized carbons (Fsp3) is 0.769. The molecule has 9 N–H and O–H groups in total. The second kappa shape index (κ2) is 8.50. The molecule has 1 aromatic rings. The van der Waals surface area contributed by atoms with Gasteiger partial charge in [0.25, 0.3) is 0 Å². The van der Waals surface area contributed by atoms with Gasteiger partial charge in [-0.3, -0.25) is 0 Å². The van der Waals surface area contributed by atoms with E-state index >= 15 is 0 Å². The minimum absolute atomic E-state index is 0.190. The summed E-state index contributed by atoms with van der Waals surface area (Å²) in [7, 11) is -5.36. The van der Waals surface area contributed by atoms with Crippen LogP contribution in [0.25, 0.3) is 0 Å². The van der Waals surface area contributed by atoms with Crippen LogP contribution < -0.4 is 5.01 Å². The predicted octanol–water partition coefficient (Wildman–Crippen LogP) is -4.60. The van der Waals surface area contributed by atoms with Crippen molar-refractivity contribution in [3.05, 3.63) is 12.4 Å². The summed E-state index contributed by atoms with van der Waals surface area (Å²) in [6, 6.07) is 0. The van der Waals surface area contributed by atoms with E-state index in [1.807, 2.05) is 0 Å². The molecule has 2 unspecified atom stereocenters. The molecule has 2 fully saturated rings. The van der Waals surface area contributed by atoms with Crippen molar-refractivity contribution < 1.29 is 54.5 Å². The molecule has 29 heavy (non-hydrogen) atoms. The zero-order valence-electron chi connectivity index (χ0n) is 14.8. The van der Waals surface area contributed by atoms with Gasteiger partial charge < -0.3 is 54.9 Å². The Labute approximate surface area is 163 Å². The van der Waals surface area contributed by atoms with Crippen LogP contribution in [0.15, 0.2) is 12.4 Å². The van der Waals surface area contributed by atoms with Crippen LogP contribution in [0, 0.1) is 0 Å². The minimum atomic E-state index is -5.36. The first-order valence-electron chi connectivity index (χ1n) is 8.50. The largest absolute Gasteiger partial charge is 0.423 e. The third-order valence-corrected chi connectivity index (χ3v) is 5.65. The molecule has 16 heteroatoms. The Bertz CT molecular complexity index is 720. The lowest BCUT2D eigenvalue weighted by Crippen LogP contribution is -2.58. The van der Waals surface area contributed by atoms with Crippen molar-refractivity contribution in [2.75, 3.05) is 18.2 Å². The van der Waals surface area contributed by atoms with Crippen molar-refractivity contribution in [1.29, 1.82) is 0 Å². The molecule has 0 amide bonds. The van der Waals surface area contributed by atoms with Crippen molar-refractivity contribution in [1.82, 2.24) is 14.7 Å². The zero-order chi connectivity index (χ0) is 21.5. The average molecular weight is 442 g/mol. The first-order valence-corrected chi connectivity index (χ1v) is 10.1. The summed E-state index contributed by atoms with van der Waals surface area (Å²) in [6.07, 6.45) is -10.6. The molecule has 0 saturated carbocycles. The summed E-state index contributed by atoms with van der Waals surface area (Å²) in [4.78, 5) is 26.4. The lowest BCUT2D eigenvalue weighted by atomic mass is 10.1. The lowest BCUT2D eigenvalue weighted by Gasteiger charge is -2.41. The van der Waals surface area contributed by atoms with E-state index in [0.29, 0.717) is 5.01 Å². The Morgan fingerprint density at radius 2 is 1.48 bits per heavy atom. The molecular weight excluding hydrogens is 419 g/mol. The molecule has 2 aliphatic rings. The SMILES string of the molecule is O=P(O)(O)N(C1O[C@H](CO)[C@@H](O)[C@H]1O)N(c1ncc[nH]1)C1O[C@H](CO)[C@@H](O)[C@H]1O. The van der Waals surface area contributed by atoms with Crippen molar-refractivity contribution in [2.45, 2.75) is 49.1 Å². The quantitative estimate of drug-likeness (QED) is 0.143. The molecule has 2 saturated heterocycles. The molecule has 3 heterocycles. The van der Waals surface area contributed by atoms with E-state index in [9.17, 15) is 45.0 Å². The van der Waals surface area contributed by atoms with Crippen LogP contribution in [-0.2, 0) is 14.0 Å². The fourth-order valence-electron chi connectivity index (χ4n) is 3.27. The highest BCUT2D eigenvalue weighted by Gasteiger charge is 2.56. The van der Waals surface area contributed by atoms with E-state index in [1.165, 1.54) is 12.4 Å². The summed E-state index contributed by atoms with van der Waals surface area (Å²) in [5, 5.41) is 59.9. The standard InChI is InChI=1S/C13H23N4O11P/c18-3-5-7(20)9(22)11(27-5)16(13-14-1-2-15-13)17(29(24,25)26)12-10(23)8(21)6(4-19)28-12/h1-2,5-12,18-23H,3-4H2,(H,14,15)(H2,24,25,26)/t5-,6-,7-,8-,9-,10-,11?,12?/m1/s1. The summed E-state index contributed by atoms with van der Waals surface area (Å²) in [5.74, 6) is -0.277. The van der Waals surface area contributed by atoms with E-state index < -0.39 is 70.0 Å². The molecule has 0 spiro atoms. The molecule has 2 aliphatic heterocycles. The van der Waals surface area contributed by atoms with Crippen molar-refractivity contribution in [2.24, 2.45) is 0 Å². The van der Waals surface area contributed by atoms with Gasteiger partial charge in [-0.2, -0.15) is 0 Å². The summed E-state index contributed by atoms with van der Waals surface area (Å²) in [5.41, 5.74) is 0. The first kappa shape index (κ1) is 22.5. The van der Waals surface area contributed by atoms with E-state index in [2.05, 4.69) is 9.97 Å². The molecule has 0 bridgehead atoms. The van der Waals surface area contributed by atoms with Crippen molar-refractivity contribution in [3.63, 3.8) is 0 Å². The van der Waals surface area contributed by atoms with Crippen LogP contribution in [-0.4, -0.2) is 117 Å². The topological polar surface area (TPSA) is 233 Å². The van der Waals surface area contributed by atoms with Crippen LogP contribution in [0.2, 0.25) is 0 Å². The number of ether oxygens (including phenoxy) is 2. The smallest absolute Gasteiger partial charge is 0.394 e. The molecule has 3 rings (SSSR count). The highest BCUT2D eigenvalue weighted by molar-refractivity contribution is 7.49. The highest BCUT2D eigenvalue weighted by atomic mass is 31.2. The van der Waals surface area contributed by atoms with Gasteiger partial charge in [0.05, 0.1) is 13.2 Å². The van der Waals surface area contributed by atoms with Crippen LogP contribution in [0.5, 0.6) is 0 Å². The molecule has 0 radical (unpaired) electrons. The molecule has 0 aliphatic carbocycles. The van der Waals surface area contributed by atoms with Gasteiger partial charge in [-0.05, 0) is 0 Å². The maximum atomic E-state index is 12.4. The second-order valence-electron chi connectivity index (χ2n) is 6.55. The third-order valence-electron chi connectivity index (χ3n) is 4.69. The van der Waals surface area contributed by atoms with E-state index in [-0.39, 0.29) is 10.7 Å². The number of nitrogens with zero attached hydrogens (tertiary/aromatic N) is 3. The van der Waals surface area contributed by atoms with Crippen LogP contribution in [0.4, 0.5) is 5.95 Å². The van der Waals surface area contributed by atoms with Crippen molar-refractivity contribution in [3.8, 4) is 0 Å². The number of aliphatic hydroxyl groups excluding tert-OH is 6. The number of anilines is 1. The Morgan fingerprint density at radius 3 is 1.90 bits per heavy atom. The number of imidazole rings is 1. The number of aliphatic hydroxyl groups is 6. The molecule has 1 aromatic heterocycles. The molecule has 8 atom stereocenters. The zero-order valence-corrected chi connectivity index (χ0v) is 15.7. The van der Waals surface area contributed by atoms with Gasteiger partial charge in [0.1, 0.15) is 36.6 Å². The molecule has 15 nitrogen and oxygen atoms in total. The Kier molecular flexibility index (Phi) is 6.59. The number of hydrogen-bond donors (Lipinski definition) is 9. The van der Waals surface area contributed by atoms with Gasteiger partial charge in [0, 0.05) is 12.4 Å². The number of rotatable bonds is 7. The third kappa shape index (κ3) is 4.05. The van der Waals surface area contributed by atoms with Crippen LogP contribution >= 0.6 is 7.75 Å². The fourth-order valence-corrected chi connectivity index (χ4v) is 4.19. The normalized spacial score (nSPS) is 38.1. The van der Waals surface area contributed by atoms with Gasteiger partial charge in [0.15, 0.2) is 12.5 Å². The van der Waals surface area contributed by atoms with E-state index in [0.717, 1.165) is 0 Å². The number of hydrogen-bond acceptors (Lipinski definition) is 11. The molecule has 166 valence electrons. The van der Waals surface area contributed by atoms with Crippen LogP contribution in [0.3, 0.4) is 0 Å². The summed E-state index contributed by atoms with van der Waals surface area (Å²) in [6.45, 7) is -1.46. The average Bonchev–Trinajstić information content (AvgIpc) is 3.35. The lowest BCUT2D eigenvalue weighted by molar-refractivity contribution is -0.104.